The van der Waals surface area contributed by atoms with Crippen LogP contribution in [0.5, 0.6) is 0 Å². The summed E-state index contributed by atoms with van der Waals surface area (Å²) in [4.78, 5) is 18.6. The fourth-order valence-corrected chi connectivity index (χ4v) is 2.95. The van der Waals surface area contributed by atoms with Crippen molar-refractivity contribution in [2.24, 2.45) is 0 Å². The number of nitrogens with one attached hydrogen (secondary N) is 1. The number of carbonyl (C=O) groups is 1. The summed E-state index contributed by atoms with van der Waals surface area (Å²) in [5.74, 6) is 0.617. The molecular weight excluding hydrogens is 276 g/mol. The minimum absolute atomic E-state index is 0.0811. The van der Waals surface area contributed by atoms with Crippen molar-refractivity contribution < 1.29 is 9.53 Å². The predicted octanol–water partition coefficient (Wildman–Crippen LogP) is 1.18. The molecule has 0 bridgehead atoms. The Morgan fingerprint density at radius 2 is 2.30 bits per heavy atom. The summed E-state index contributed by atoms with van der Waals surface area (Å²) >= 11 is 1.35. The van der Waals surface area contributed by atoms with Crippen LogP contribution in [-0.2, 0) is 14.9 Å². The van der Waals surface area contributed by atoms with Crippen molar-refractivity contribution in [3.63, 3.8) is 0 Å². The van der Waals surface area contributed by atoms with Gasteiger partial charge in [0.05, 0.1) is 6.61 Å². The Hall–Kier alpha value is -1.21. The lowest BCUT2D eigenvalue weighted by molar-refractivity contribution is -0.144. The van der Waals surface area contributed by atoms with Crippen LogP contribution in [0.3, 0.4) is 0 Å². The molecule has 0 saturated carbocycles. The third-order valence-electron chi connectivity index (χ3n) is 3.13. The van der Waals surface area contributed by atoms with Crippen molar-refractivity contribution in [2.45, 2.75) is 39.2 Å². The topological polar surface area (TPSA) is 67.3 Å². The first-order valence-electron chi connectivity index (χ1n) is 6.91. The Morgan fingerprint density at radius 1 is 1.55 bits per heavy atom. The van der Waals surface area contributed by atoms with Gasteiger partial charge in [-0.2, -0.15) is 4.37 Å². The molecule has 1 N–H and O–H groups in total. The fraction of sp³-hybridized carbons (Fsp3) is 0.769. The largest absolute Gasteiger partial charge is 0.464 e. The van der Waals surface area contributed by atoms with Gasteiger partial charge in [-0.1, -0.05) is 20.8 Å². The zero-order valence-electron chi connectivity index (χ0n) is 12.5. The van der Waals surface area contributed by atoms with Crippen molar-refractivity contribution in [2.75, 3.05) is 31.1 Å². The molecule has 112 valence electrons. The highest BCUT2D eigenvalue weighted by Crippen LogP contribution is 2.27. The summed E-state index contributed by atoms with van der Waals surface area (Å²) in [7, 11) is 0. The van der Waals surface area contributed by atoms with Gasteiger partial charge in [-0.25, -0.2) is 9.78 Å². The number of carbonyl (C=O) groups excluding carboxylic acids is 1. The van der Waals surface area contributed by atoms with Crippen LogP contribution in [0.25, 0.3) is 0 Å². The van der Waals surface area contributed by atoms with E-state index in [1.807, 2.05) is 11.8 Å². The van der Waals surface area contributed by atoms with E-state index in [-0.39, 0.29) is 17.4 Å². The monoisotopic (exact) mass is 298 g/mol. The number of esters is 1. The molecule has 7 heteroatoms. The average molecular weight is 298 g/mol. The van der Waals surface area contributed by atoms with Gasteiger partial charge in [0.15, 0.2) is 0 Å². The van der Waals surface area contributed by atoms with Gasteiger partial charge in [0.25, 0.3) is 0 Å². The number of hydrogen-bond donors (Lipinski definition) is 1. The minimum atomic E-state index is -0.315. The third kappa shape index (κ3) is 3.27. The number of piperazine rings is 1. The SMILES string of the molecule is CCOC(=O)C1CNCCN1c1nc(C(C)(C)C)ns1. The minimum Gasteiger partial charge on any atom is -0.464 e. The molecule has 1 atom stereocenters. The normalized spacial score (nSPS) is 20.0. The molecule has 1 aromatic rings. The average Bonchev–Trinajstić information content (AvgIpc) is 2.88. The first kappa shape index (κ1) is 15.2. The zero-order valence-corrected chi connectivity index (χ0v) is 13.3. The number of aromatic nitrogens is 2. The second-order valence-electron chi connectivity index (χ2n) is 5.82. The van der Waals surface area contributed by atoms with Crippen LogP contribution in [0.4, 0.5) is 5.13 Å². The lowest BCUT2D eigenvalue weighted by Gasteiger charge is -2.33. The maximum atomic E-state index is 12.0. The van der Waals surface area contributed by atoms with Gasteiger partial charge >= 0.3 is 5.97 Å². The van der Waals surface area contributed by atoms with Crippen molar-refractivity contribution in [3.05, 3.63) is 5.82 Å². The highest BCUT2D eigenvalue weighted by molar-refractivity contribution is 7.09. The van der Waals surface area contributed by atoms with Crippen molar-refractivity contribution in [3.8, 4) is 0 Å². The van der Waals surface area contributed by atoms with E-state index in [9.17, 15) is 4.79 Å². The molecule has 1 fully saturated rings. The Morgan fingerprint density at radius 3 is 2.90 bits per heavy atom. The first-order chi connectivity index (χ1) is 9.43. The highest BCUT2D eigenvalue weighted by Gasteiger charge is 2.32. The summed E-state index contributed by atoms with van der Waals surface area (Å²) in [5.41, 5.74) is -0.0811. The van der Waals surface area contributed by atoms with E-state index in [4.69, 9.17) is 4.74 Å². The molecule has 1 aromatic heterocycles. The Balaban J connectivity index is 2.19. The van der Waals surface area contributed by atoms with Gasteiger partial charge in [-0.15, -0.1) is 0 Å². The van der Waals surface area contributed by atoms with Crippen LogP contribution < -0.4 is 10.2 Å². The number of hydrogen-bond acceptors (Lipinski definition) is 7. The second kappa shape index (κ2) is 6.05. The molecule has 1 unspecified atom stereocenters. The predicted molar refractivity (Wildman–Crippen MR) is 79.2 cm³/mol. The van der Waals surface area contributed by atoms with E-state index in [2.05, 4.69) is 35.4 Å². The molecule has 20 heavy (non-hydrogen) atoms. The molecule has 1 aliphatic heterocycles. The maximum Gasteiger partial charge on any atom is 0.330 e. The van der Waals surface area contributed by atoms with E-state index in [1.165, 1.54) is 11.5 Å². The van der Waals surface area contributed by atoms with Gasteiger partial charge in [0, 0.05) is 36.6 Å². The van der Waals surface area contributed by atoms with E-state index < -0.39 is 0 Å². The number of anilines is 1. The number of nitrogens with zero attached hydrogens (tertiary/aromatic N) is 3. The fourth-order valence-electron chi connectivity index (χ4n) is 2.02. The third-order valence-corrected chi connectivity index (χ3v) is 3.89. The molecule has 2 heterocycles. The second-order valence-corrected chi connectivity index (χ2v) is 6.55. The van der Waals surface area contributed by atoms with Crippen molar-refractivity contribution in [1.29, 1.82) is 0 Å². The maximum absolute atomic E-state index is 12.0. The quantitative estimate of drug-likeness (QED) is 0.845. The molecule has 0 spiro atoms. The smallest absolute Gasteiger partial charge is 0.330 e. The van der Waals surface area contributed by atoms with Crippen LogP contribution in [0, 0.1) is 0 Å². The molecule has 0 aromatic carbocycles. The van der Waals surface area contributed by atoms with Crippen molar-refractivity contribution in [1.82, 2.24) is 14.7 Å². The Labute approximate surface area is 123 Å². The van der Waals surface area contributed by atoms with Crippen LogP contribution in [0.15, 0.2) is 0 Å². The standard InChI is InChI=1S/C13H22N4O2S/c1-5-19-10(18)9-8-14-6-7-17(9)12-15-11(16-20-12)13(2,3)4/h9,14H,5-8H2,1-4H3. The molecule has 1 aliphatic rings. The van der Waals surface area contributed by atoms with E-state index in [1.54, 1.807) is 0 Å². The summed E-state index contributed by atoms with van der Waals surface area (Å²) < 4.78 is 9.56. The van der Waals surface area contributed by atoms with E-state index in [0.717, 1.165) is 24.0 Å². The van der Waals surface area contributed by atoms with Crippen LogP contribution in [0.2, 0.25) is 0 Å². The van der Waals surface area contributed by atoms with Crippen LogP contribution in [-0.4, -0.2) is 47.6 Å². The Kier molecular flexibility index (Phi) is 4.59. The molecule has 0 amide bonds. The zero-order chi connectivity index (χ0) is 14.8. The summed E-state index contributed by atoms with van der Waals surface area (Å²) in [5, 5.41) is 4.03. The van der Waals surface area contributed by atoms with Gasteiger partial charge in [-0.3, -0.25) is 0 Å². The molecule has 0 radical (unpaired) electrons. The molecular formula is C13H22N4O2S. The molecule has 1 saturated heterocycles. The summed E-state index contributed by atoms with van der Waals surface area (Å²) in [6.45, 7) is 10.6. The summed E-state index contributed by atoms with van der Waals surface area (Å²) in [6.07, 6.45) is 0. The lowest BCUT2D eigenvalue weighted by atomic mass is 9.96. The Bertz CT molecular complexity index is 469. The van der Waals surface area contributed by atoms with Crippen LogP contribution >= 0.6 is 11.5 Å². The van der Waals surface area contributed by atoms with Crippen molar-refractivity contribution >= 4 is 22.6 Å². The number of rotatable bonds is 3. The molecule has 2 rings (SSSR count). The van der Waals surface area contributed by atoms with Gasteiger partial charge < -0.3 is 15.0 Å². The van der Waals surface area contributed by atoms with Gasteiger partial charge in [-0.05, 0) is 6.92 Å². The highest BCUT2D eigenvalue weighted by atomic mass is 32.1. The van der Waals surface area contributed by atoms with E-state index in [0.29, 0.717) is 13.2 Å². The van der Waals surface area contributed by atoms with Crippen LogP contribution in [0.1, 0.15) is 33.5 Å². The lowest BCUT2D eigenvalue weighted by Crippen LogP contribution is -2.55. The van der Waals surface area contributed by atoms with Gasteiger partial charge in [0.2, 0.25) is 5.13 Å². The number of ether oxygens (including phenoxy) is 1. The van der Waals surface area contributed by atoms with E-state index >= 15 is 0 Å². The molecule has 6 nitrogen and oxygen atoms in total. The van der Waals surface area contributed by atoms with Gasteiger partial charge in [0.1, 0.15) is 11.9 Å². The first-order valence-corrected chi connectivity index (χ1v) is 7.69. The molecule has 0 aliphatic carbocycles. The summed E-state index contributed by atoms with van der Waals surface area (Å²) in [6, 6.07) is -0.315.